The highest BCUT2D eigenvalue weighted by Crippen LogP contribution is 2.49. The van der Waals surface area contributed by atoms with Crippen LogP contribution in [0.15, 0.2) is 179 Å². The molecule has 434 valence electrons. The van der Waals surface area contributed by atoms with Gasteiger partial charge in [-0.1, -0.05) is 197 Å². The van der Waals surface area contributed by atoms with Crippen molar-refractivity contribution in [2.75, 3.05) is 6.61 Å². The van der Waals surface area contributed by atoms with Crippen molar-refractivity contribution in [2.24, 2.45) is 32.7 Å². The second-order valence-electron chi connectivity index (χ2n) is 24.8. The van der Waals surface area contributed by atoms with Crippen LogP contribution >= 0.6 is 0 Å². The largest absolute Gasteiger partial charge is 0.511 e. The van der Waals surface area contributed by atoms with Crippen molar-refractivity contribution in [1.82, 2.24) is 5.32 Å². The molecule has 0 amide bonds. The van der Waals surface area contributed by atoms with Gasteiger partial charge >= 0.3 is 5.97 Å². The van der Waals surface area contributed by atoms with Gasteiger partial charge in [-0.25, -0.2) is 15.0 Å². The minimum absolute atomic E-state index is 0.0578. The highest BCUT2D eigenvalue weighted by molar-refractivity contribution is 6.34. The third-order valence-electron chi connectivity index (χ3n) is 19.3. The Morgan fingerprint density at radius 1 is 0.643 bits per heavy atom. The summed E-state index contributed by atoms with van der Waals surface area (Å²) in [6, 6.07) is 28.5. The lowest BCUT2D eigenvalue weighted by Crippen LogP contribution is -2.18. The number of benzene rings is 5. The molecule has 7 nitrogen and oxygen atoms in total. The van der Waals surface area contributed by atoms with Gasteiger partial charge in [0, 0.05) is 63.9 Å². The average Bonchev–Trinajstić information content (AvgIpc) is 1.88. The molecule has 1 aliphatic carbocycles. The van der Waals surface area contributed by atoms with Crippen LogP contribution in [0.5, 0.6) is 0 Å². The zero-order valence-electron chi connectivity index (χ0n) is 51.6. The predicted molar refractivity (Wildman–Crippen MR) is 353 cm³/mol. The van der Waals surface area contributed by atoms with Gasteiger partial charge in [-0.05, 0) is 155 Å². The average molecular weight is 1120 g/mol. The summed E-state index contributed by atoms with van der Waals surface area (Å²) in [5.74, 6) is 7.58. The first-order valence-corrected chi connectivity index (χ1v) is 32.4. The fraction of sp³-hybridized carbons (Fsp3) is 0.429. The zero-order valence-corrected chi connectivity index (χ0v) is 51.6. The number of aliphatic hydroxyl groups is 1. The molecule has 0 aromatic heterocycles. The Labute approximate surface area is 500 Å². The van der Waals surface area contributed by atoms with Crippen molar-refractivity contribution in [3.05, 3.63) is 181 Å². The number of unbranched alkanes of at least 4 members (excludes halogenated alkanes) is 12. The molecule has 0 radical (unpaired) electrons. The molecule has 1 fully saturated rings. The van der Waals surface area contributed by atoms with Crippen LogP contribution in [-0.4, -0.2) is 34.8 Å². The molecule has 1 saturated heterocycles. The van der Waals surface area contributed by atoms with Crippen LogP contribution in [0, 0.1) is 29.6 Å². The number of ether oxygens (including phenoxy) is 1. The number of hydrogen-bond acceptors (Lipinski definition) is 7. The van der Waals surface area contributed by atoms with E-state index in [4.69, 9.17) is 19.7 Å². The first-order valence-electron chi connectivity index (χ1n) is 32.4. The van der Waals surface area contributed by atoms with E-state index in [1.807, 2.05) is 0 Å². The third kappa shape index (κ3) is 11.9. The van der Waals surface area contributed by atoms with E-state index in [1.54, 1.807) is 0 Å². The normalized spacial score (nSPS) is 18.8. The van der Waals surface area contributed by atoms with E-state index in [0.717, 1.165) is 121 Å². The van der Waals surface area contributed by atoms with Crippen molar-refractivity contribution in [1.29, 1.82) is 0 Å². The molecule has 2 N–H and O–H groups in total. The van der Waals surface area contributed by atoms with Crippen molar-refractivity contribution in [2.45, 2.75) is 190 Å². The molecular weight excluding hydrogens is 1030 g/mol. The van der Waals surface area contributed by atoms with Crippen LogP contribution in [0.3, 0.4) is 0 Å². The first kappa shape index (κ1) is 58.5. The predicted octanol–water partition coefficient (Wildman–Crippen LogP) is 20.1. The quantitative estimate of drug-likeness (QED) is 0.0278. The maximum atomic E-state index is 14.3. The van der Waals surface area contributed by atoms with E-state index in [-0.39, 0.29) is 17.8 Å². The number of carbonyl (C=O) groups excluding carboxylic acids is 1. The van der Waals surface area contributed by atoms with Crippen LogP contribution in [-0.2, 0) is 9.53 Å². The van der Waals surface area contributed by atoms with E-state index in [9.17, 15) is 9.90 Å². The number of carbonyl (C=O) groups is 1. The monoisotopic (exact) mass is 1120 g/mol. The van der Waals surface area contributed by atoms with Gasteiger partial charge in [0.15, 0.2) is 0 Å². The van der Waals surface area contributed by atoms with Gasteiger partial charge < -0.3 is 15.2 Å². The molecule has 1 unspecified atom stereocenters. The second-order valence-corrected chi connectivity index (χ2v) is 24.8. The molecule has 8 bridgehead atoms. The number of hydrogen-bond donors (Lipinski definition) is 2. The molecule has 5 aromatic carbocycles. The van der Waals surface area contributed by atoms with Gasteiger partial charge in [0.1, 0.15) is 5.76 Å². The molecule has 0 saturated carbocycles. The Bertz CT molecular complexity index is 3790. The molecule has 0 spiro atoms. The number of esters is 1. The van der Waals surface area contributed by atoms with Crippen LogP contribution < -0.4 is 5.32 Å². The van der Waals surface area contributed by atoms with Crippen LogP contribution in [0.2, 0.25) is 0 Å². The summed E-state index contributed by atoms with van der Waals surface area (Å²) in [5.41, 5.74) is 18.8. The maximum absolute atomic E-state index is 14.3. The number of aliphatic hydroxyl groups excluding tert-OH is 1. The van der Waals surface area contributed by atoms with Gasteiger partial charge in [0.2, 0.25) is 0 Å². The zero-order chi connectivity index (χ0) is 58.4. The molecular formula is C77H88N4O3. The fourth-order valence-electron chi connectivity index (χ4n) is 14.4. The summed E-state index contributed by atoms with van der Waals surface area (Å²) in [6.45, 7) is 18.2. The Morgan fingerprint density at radius 2 is 1.26 bits per heavy atom. The maximum Gasteiger partial charge on any atom is 0.305 e. The van der Waals surface area contributed by atoms with Crippen LogP contribution in [0.25, 0.3) is 37.9 Å². The summed E-state index contributed by atoms with van der Waals surface area (Å²) >= 11 is 0. The standard InChI is InChI=1S/C77H88N4O3/c1-9-13-15-17-19-20-22-24-27-53(26-23-21-18-16-14-10-2)47-84-69(83)43-42-61-50(7)75-73(58-34-31-52(32-35-58)30-33-54-36-37-57-39-38-55-28-25-29-56-40-41-62(54)72(57)71(55)56)74-49(6)60(12-4)67(80-74)45-64-48(5)59(11-3)66(78-64)46-65-51(8)70-68(82)44-63(76(61)81-75)77(70)79-65/h25,28-29,31-32,34-41,45-46,50,53,61,81-82H,9-24,26-27,42-44,47H2,1-8H3/t50-,53?,61-/m0/s1. The van der Waals surface area contributed by atoms with E-state index >= 15 is 0 Å². The number of fused-ring (bicyclic) bond motifs is 5. The van der Waals surface area contributed by atoms with E-state index in [0.29, 0.717) is 37.5 Å². The summed E-state index contributed by atoms with van der Waals surface area (Å²) in [5, 5.41) is 23.5. The highest BCUT2D eigenvalue weighted by Gasteiger charge is 2.43. The summed E-state index contributed by atoms with van der Waals surface area (Å²) in [4.78, 5) is 30.6. The Kier molecular flexibility index (Phi) is 18.3. The van der Waals surface area contributed by atoms with Crippen molar-refractivity contribution in [3.8, 4) is 11.8 Å². The molecule has 11 rings (SSSR count). The lowest BCUT2D eigenvalue weighted by molar-refractivity contribution is -0.145. The lowest BCUT2D eigenvalue weighted by atomic mass is 9.83. The van der Waals surface area contributed by atoms with E-state index < -0.39 is 0 Å². The molecule has 3 atom stereocenters. The number of rotatable bonds is 24. The molecule has 5 aromatic rings. The van der Waals surface area contributed by atoms with E-state index in [1.165, 1.54) is 133 Å². The van der Waals surface area contributed by atoms with Gasteiger partial charge in [-0.3, -0.25) is 4.79 Å². The van der Waals surface area contributed by atoms with E-state index in [2.05, 4.69) is 164 Å². The smallest absolute Gasteiger partial charge is 0.305 e. The topological polar surface area (TPSA) is 95.6 Å². The van der Waals surface area contributed by atoms with Gasteiger partial charge in [-0.2, -0.15) is 0 Å². The SMILES string of the molecule is CCCCCCCCCCC(CCCCCCCC)COC(=O)CC[C@@H]1C2=C3CC(O)=C4C3=NC(=C4C)C=C3N=C(C=C4N=C(C(C)=C4CC)C(c4ccc(C#Cc5ccc6ccc7cccc8ccc5c6c78)cc4)=C(N2)[C@H]1C)C(C)=C3CC. The van der Waals surface area contributed by atoms with Gasteiger partial charge in [-0.15, -0.1) is 0 Å². The Morgan fingerprint density at radius 3 is 1.94 bits per heavy atom. The van der Waals surface area contributed by atoms with Gasteiger partial charge in [0.25, 0.3) is 0 Å². The summed E-state index contributed by atoms with van der Waals surface area (Å²) in [6.07, 6.45) is 27.4. The molecule has 7 heteroatoms. The summed E-state index contributed by atoms with van der Waals surface area (Å²) < 4.78 is 6.34. The van der Waals surface area contributed by atoms with Crippen molar-refractivity contribution in [3.63, 3.8) is 0 Å². The fourth-order valence-corrected chi connectivity index (χ4v) is 14.4. The lowest BCUT2D eigenvalue weighted by Gasteiger charge is -2.20. The number of nitrogens with zero attached hydrogens (tertiary/aromatic N) is 3. The van der Waals surface area contributed by atoms with Crippen molar-refractivity contribution >= 4 is 61.0 Å². The summed E-state index contributed by atoms with van der Waals surface area (Å²) in [7, 11) is 0. The molecule has 6 aliphatic rings. The number of allylic oxidation sites excluding steroid dienone is 12. The molecule has 5 heterocycles. The highest BCUT2D eigenvalue weighted by atomic mass is 16.5. The second kappa shape index (κ2) is 26.3. The molecule has 5 aliphatic heterocycles. The minimum atomic E-state index is -0.129. The van der Waals surface area contributed by atoms with Crippen molar-refractivity contribution < 1.29 is 14.6 Å². The molecule has 84 heavy (non-hydrogen) atoms. The van der Waals surface area contributed by atoms with Crippen LogP contribution in [0.1, 0.15) is 207 Å². The third-order valence-corrected chi connectivity index (χ3v) is 19.3. The number of aliphatic imine (C=N–C) groups is 3. The van der Waals surface area contributed by atoms with Crippen LogP contribution in [0.4, 0.5) is 0 Å². The first-order chi connectivity index (χ1) is 41.0. The minimum Gasteiger partial charge on any atom is -0.511 e. The Balaban J connectivity index is 0.945. The Hall–Kier alpha value is -7.30. The number of nitrogens with one attached hydrogen (secondary N) is 1. The van der Waals surface area contributed by atoms with Gasteiger partial charge in [0.05, 0.1) is 40.8 Å².